The van der Waals surface area contributed by atoms with Gasteiger partial charge in [0.25, 0.3) is 0 Å². The molecule has 0 aliphatic rings. The molecule has 0 aliphatic carbocycles. The van der Waals surface area contributed by atoms with E-state index >= 15 is 0 Å². The van der Waals surface area contributed by atoms with Gasteiger partial charge < -0.3 is 10.2 Å². The van der Waals surface area contributed by atoms with Crippen LogP contribution in [0.15, 0.2) is 24.3 Å². The molecule has 2 unspecified atom stereocenters. The summed E-state index contributed by atoms with van der Waals surface area (Å²) in [5.74, 6) is 0. The number of aromatic nitrogens is 1. The molecule has 2 atom stereocenters. The van der Waals surface area contributed by atoms with E-state index in [1.54, 1.807) is 11.3 Å². The third-order valence-corrected chi connectivity index (χ3v) is 4.86. The fraction of sp³-hybridized carbons (Fsp3) is 0.562. The van der Waals surface area contributed by atoms with E-state index in [-0.39, 0.29) is 0 Å². The highest BCUT2D eigenvalue weighted by molar-refractivity contribution is 7.18. The zero-order valence-electron chi connectivity index (χ0n) is 12.9. The molecular formula is C16H25N3S. The highest BCUT2D eigenvalue weighted by Gasteiger charge is 2.15. The van der Waals surface area contributed by atoms with E-state index in [2.05, 4.69) is 56.1 Å². The van der Waals surface area contributed by atoms with Gasteiger partial charge in [-0.05, 0) is 39.1 Å². The molecular weight excluding hydrogens is 266 g/mol. The molecule has 0 aliphatic heterocycles. The molecule has 1 aromatic heterocycles. The van der Waals surface area contributed by atoms with Crippen molar-refractivity contribution < 1.29 is 0 Å². The number of nitrogens with zero attached hydrogens (tertiary/aromatic N) is 2. The van der Waals surface area contributed by atoms with Crippen molar-refractivity contribution in [2.45, 2.75) is 39.8 Å². The Morgan fingerprint density at radius 3 is 2.55 bits per heavy atom. The number of thiazole rings is 1. The van der Waals surface area contributed by atoms with E-state index in [9.17, 15) is 0 Å². The molecule has 3 nitrogen and oxygen atoms in total. The van der Waals surface area contributed by atoms with Gasteiger partial charge >= 0.3 is 0 Å². The van der Waals surface area contributed by atoms with Crippen molar-refractivity contribution in [3.63, 3.8) is 0 Å². The number of fused-ring (bicyclic) bond motifs is 1. The Labute approximate surface area is 126 Å². The van der Waals surface area contributed by atoms with Crippen LogP contribution in [0.2, 0.25) is 0 Å². The van der Waals surface area contributed by atoms with Crippen molar-refractivity contribution in [3.05, 3.63) is 29.3 Å². The number of nitrogens with one attached hydrogen (secondary N) is 1. The van der Waals surface area contributed by atoms with Crippen molar-refractivity contribution in [2.75, 3.05) is 19.6 Å². The molecule has 0 amide bonds. The maximum Gasteiger partial charge on any atom is 0.111 e. The summed E-state index contributed by atoms with van der Waals surface area (Å²) in [7, 11) is 0. The van der Waals surface area contributed by atoms with E-state index in [0.29, 0.717) is 12.1 Å². The third kappa shape index (κ3) is 3.78. The molecule has 1 aromatic carbocycles. The summed E-state index contributed by atoms with van der Waals surface area (Å²) < 4.78 is 1.27. The minimum atomic E-state index is 0.304. The molecule has 20 heavy (non-hydrogen) atoms. The standard InChI is InChI=1S/C16H25N3S/c1-5-19(6-2)11-12(3)17-13(4)16-18-14-9-7-8-10-15(14)20-16/h7-10,12-13,17H,5-6,11H2,1-4H3. The first-order valence-electron chi connectivity index (χ1n) is 7.47. The summed E-state index contributed by atoms with van der Waals surface area (Å²) >= 11 is 1.79. The lowest BCUT2D eigenvalue weighted by Gasteiger charge is -2.25. The summed E-state index contributed by atoms with van der Waals surface area (Å²) in [4.78, 5) is 7.17. The number of benzene rings is 1. The highest BCUT2D eigenvalue weighted by Crippen LogP contribution is 2.26. The molecule has 0 bridgehead atoms. The quantitative estimate of drug-likeness (QED) is 0.843. The predicted molar refractivity (Wildman–Crippen MR) is 88.4 cm³/mol. The van der Waals surface area contributed by atoms with Crippen LogP contribution in [0.4, 0.5) is 0 Å². The Bertz CT molecular complexity index is 500. The summed E-state index contributed by atoms with van der Waals surface area (Å²) in [5.41, 5.74) is 1.11. The number of hydrogen-bond acceptors (Lipinski definition) is 4. The topological polar surface area (TPSA) is 28.2 Å². The largest absolute Gasteiger partial charge is 0.304 e. The van der Waals surface area contributed by atoms with E-state index in [4.69, 9.17) is 4.98 Å². The van der Waals surface area contributed by atoms with Crippen molar-refractivity contribution in [1.82, 2.24) is 15.2 Å². The van der Waals surface area contributed by atoms with E-state index in [1.807, 2.05) is 6.07 Å². The first-order chi connectivity index (χ1) is 9.63. The normalized spacial score (nSPS) is 14.8. The average molecular weight is 291 g/mol. The third-order valence-electron chi connectivity index (χ3n) is 3.64. The Balaban J connectivity index is 1.98. The molecule has 0 saturated heterocycles. The average Bonchev–Trinajstić information content (AvgIpc) is 2.88. The second-order valence-electron chi connectivity index (χ2n) is 5.30. The van der Waals surface area contributed by atoms with Crippen LogP contribution >= 0.6 is 11.3 Å². The molecule has 2 aromatic rings. The smallest absolute Gasteiger partial charge is 0.111 e. The van der Waals surface area contributed by atoms with Gasteiger partial charge in [-0.3, -0.25) is 0 Å². The van der Waals surface area contributed by atoms with E-state index in [0.717, 1.165) is 25.2 Å². The Morgan fingerprint density at radius 1 is 1.20 bits per heavy atom. The van der Waals surface area contributed by atoms with Crippen molar-refractivity contribution >= 4 is 21.6 Å². The van der Waals surface area contributed by atoms with Gasteiger partial charge in [0.1, 0.15) is 5.01 Å². The lowest BCUT2D eigenvalue weighted by Crippen LogP contribution is -2.40. The van der Waals surface area contributed by atoms with Gasteiger partial charge in [-0.2, -0.15) is 0 Å². The minimum absolute atomic E-state index is 0.304. The molecule has 0 saturated carbocycles. The van der Waals surface area contributed by atoms with Crippen LogP contribution in [0, 0.1) is 0 Å². The van der Waals surface area contributed by atoms with Gasteiger partial charge in [0.15, 0.2) is 0 Å². The molecule has 0 radical (unpaired) electrons. The number of likely N-dealkylation sites (N-methyl/N-ethyl adjacent to an activating group) is 1. The monoisotopic (exact) mass is 291 g/mol. The Morgan fingerprint density at radius 2 is 1.90 bits per heavy atom. The lowest BCUT2D eigenvalue weighted by atomic mass is 10.2. The van der Waals surface area contributed by atoms with E-state index < -0.39 is 0 Å². The predicted octanol–water partition coefficient (Wildman–Crippen LogP) is 3.68. The first kappa shape index (κ1) is 15.4. The van der Waals surface area contributed by atoms with Crippen LogP contribution < -0.4 is 5.32 Å². The summed E-state index contributed by atoms with van der Waals surface area (Å²) in [6, 6.07) is 9.12. The van der Waals surface area contributed by atoms with Crippen molar-refractivity contribution in [1.29, 1.82) is 0 Å². The molecule has 0 spiro atoms. The van der Waals surface area contributed by atoms with Crippen molar-refractivity contribution in [2.24, 2.45) is 0 Å². The van der Waals surface area contributed by atoms with Crippen LogP contribution in [-0.4, -0.2) is 35.6 Å². The molecule has 1 heterocycles. The van der Waals surface area contributed by atoms with Gasteiger partial charge in [-0.15, -0.1) is 11.3 Å². The highest BCUT2D eigenvalue weighted by atomic mass is 32.1. The Kier molecular flexibility index (Phi) is 5.52. The van der Waals surface area contributed by atoms with Gasteiger partial charge in [0.2, 0.25) is 0 Å². The molecule has 4 heteroatoms. The van der Waals surface area contributed by atoms with Gasteiger partial charge in [0.05, 0.1) is 16.3 Å². The van der Waals surface area contributed by atoms with E-state index in [1.165, 1.54) is 9.71 Å². The molecule has 2 rings (SSSR count). The molecule has 1 N–H and O–H groups in total. The second-order valence-corrected chi connectivity index (χ2v) is 6.36. The molecule has 110 valence electrons. The fourth-order valence-electron chi connectivity index (χ4n) is 2.50. The minimum Gasteiger partial charge on any atom is -0.304 e. The number of hydrogen-bond donors (Lipinski definition) is 1. The molecule has 0 fully saturated rings. The zero-order chi connectivity index (χ0) is 14.5. The first-order valence-corrected chi connectivity index (χ1v) is 8.29. The van der Waals surface area contributed by atoms with Gasteiger partial charge in [-0.25, -0.2) is 4.98 Å². The lowest BCUT2D eigenvalue weighted by molar-refractivity contribution is 0.264. The number of rotatable bonds is 7. The summed E-state index contributed by atoms with van der Waals surface area (Å²) in [6.45, 7) is 12.2. The van der Waals surface area contributed by atoms with Crippen LogP contribution in [-0.2, 0) is 0 Å². The summed E-state index contributed by atoms with van der Waals surface area (Å²) in [5, 5.41) is 4.84. The second kappa shape index (κ2) is 7.16. The summed E-state index contributed by atoms with van der Waals surface area (Å²) in [6.07, 6.45) is 0. The number of para-hydroxylation sites is 1. The van der Waals surface area contributed by atoms with Crippen LogP contribution in [0.5, 0.6) is 0 Å². The SMILES string of the molecule is CCN(CC)CC(C)NC(C)c1nc2ccccc2s1. The Hall–Kier alpha value is -0.970. The zero-order valence-corrected chi connectivity index (χ0v) is 13.7. The van der Waals surface area contributed by atoms with Crippen molar-refractivity contribution in [3.8, 4) is 0 Å². The van der Waals surface area contributed by atoms with Gasteiger partial charge in [-0.1, -0.05) is 26.0 Å². The fourth-order valence-corrected chi connectivity index (χ4v) is 3.47. The van der Waals surface area contributed by atoms with Crippen LogP contribution in [0.3, 0.4) is 0 Å². The van der Waals surface area contributed by atoms with Crippen LogP contribution in [0.1, 0.15) is 38.7 Å². The van der Waals surface area contributed by atoms with Crippen LogP contribution in [0.25, 0.3) is 10.2 Å². The maximum atomic E-state index is 4.73. The maximum absolute atomic E-state index is 4.73. The van der Waals surface area contributed by atoms with Gasteiger partial charge in [0, 0.05) is 12.6 Å².